The third-order valence-corrected chi connectivity index (χ3v) is 7.78. The molecule has 168 valence electrons. The van der Waals surface area contributed by atoms with Gasteiger partial charge in [-0.05, 0) is 36.6 Å². The molecule has 3 rings (SSSR count). The van der Waals surface area contributed by atoms with E-state index in [1.165, 1.54) is 16.6 Å². The molecular formula is C20H28N6O3S2. The van der Waals surface area contributed by atoms with Crippen molar-refractivity contribution in [1.82, 2.24) is 28.8 Å². The molecule has 1 unspecified atom stereocenters. The van der Waals surface area contributed by atoms with Gasteiger partial charge in [0.2, 0.25) is 10.0 Å². The highest BCUT2D eigenvalue weighted by atomic mass is 32.2. The van der Waals surface area contributed by atoms with Crippen molar-refractivity contribution in [2.45, 2.75) is 31.2 Å². The van der Waals surface area contributed by atoms with E-state index in [0.717, 1.165) is 5.75 Å². The summed E-state index contributed by atoms with van der Waals surface area (Å²) in [5.41, 5.74) is 0.973. The number of hydrogen-bond acceptors (Lipinski definition) is 6. The van der Waals surface area contributed by atoms with Crippen molar-refractivity contribution in [3.8, 4) is 0 Å². The number of sulfonamides is 1. The summed E-state index contributed by atoms with van der Waals surface area (Å²) in [6.45, 7) is 4.31. The number of nitrogens with one attached hydrogen (secondary N) is 1. The Morgan fingerprint density at radius 3 is 2.68 bits per heavy atom. The largest absolute Gasteiger partial charge is 0.345 e. The highest BCUT2D eigenvalue weighted by molar-refractivity contribution is 7.98. The summed E-state index contributed by atoms with van der Waals surface area (Å²) in [6, 6.07) is 6.68. The third-order valence-electron chi connectivity index (χ3n) is 5.12. The second-order valence-electron chi connectivity index (χ2n) is 7.06. The van der Waals surface area contributed by atoms with Crippen LogP contribution in [0.2, 0.25) is 0 Å². The van der Waals surface area contributed by atoms with Crippen molar-refractivity contribution < 1.29 is 13.2 Å². The van der Waals surface area contributed by atoms with Crippen molar-refractivity contribution in [1.29, 1.82) is 0 Å². The van der Waals surface area contributed by atoms with E-state index in [-0.39, 0.29) is 22.5 Å². The molecule has 0 aliphatic heterocycles. The monoisotopic (exact) mass is 464 g/mol. The second kappa shape index (κ2) is 9.84. The van der Waals surface area contributed by atoms with Gasteiger partial charge >= 0.3 is 0 Å². The van der Waals surface area contributed by atoms with Crippen LogP contribution in [0.5, 0.6) is 0 Å². The van der Waals surface area contributed by atoms with Crippen LogP contribution >= 0.6 is 11.8 Å². The van der Waals surface area contributed by atoms with E-state index in [1.54, 1.807) is 37.2 Å². The third kappa shape index (κ3) is 4.78. The number of fused-ring (bicyclic) bond motifs is 1. The van der Waals surface area contributed by atoms with Gasteiger partial charge in [-0.2, -0.15) is 16.1 Å². The van der Waals surface area contributed by atoms with E-state index in [1.807, 2.05) is 35.1 Å². The number of rotatable bonds is 10. The maximum absolute atomic E-state index is 13.1. The fraction of sp³-hybridized carbons (Fsp3) is 0.450. The Bertz CT molecular complexity index is 1150. The molecule has 0 aromatic carbocycles. The molecule has 0 radical (unpaired) electrons. The minimum atomic E-state index is -3.65. The number of aryl methyl sites for hydroxylation is 1. The topological polar surface area (TPSA) is 102 Å². The van der Waals surface area contributed by atoms with Gasteiger partial charge in [-0.25, -0.2) is 8.42 Å². The average molecular weight is 465 g/mol. The van der Waals surface area contributed by atoms with Gasteiger partial charge in [-0.15, -0.1) is 10.2 Å². The van der Waals surface area contributed by atoms with Gasteiger partial charge in [0.1, 0.15) is 10.6 Å². The summed E-state index contributed by atoms with van der Waals surface area (Å²) in [5.74, 6) is 1.10. The van der Waals surface area contributed by atoms with Gasteiger partial charge < -0.3 is 9.88 Å². The Hall–Kier alpha value is -2.37. The van der Waals surface area contributed by atoms with Crippen LogP contribution in [0.3, 0.4) is 0 Å². The van der Waals surface area contributed by atoms with Gasteiger partial charge in [0.05, 0.1) is 6.04 Å². The molecule has 31 heavy (non-hydrogen) atoms. The summed E-state index contributed by atoms with van der Waals surface area (Å²) in [7, 11) is -1.98. The van der Waals surface area contributed by atoms with Crippen LogP contribution in [0.1, 0.15) is 42.6 Å². The molecule has 0 bridgehead atoms. The van der Waals surface area contributed by atoms with Crippen molar-refractivity contribution in [3.63, 3.8) is 0 Å². The van der Waals surface area contributed by atoms with Crippen LogP contribution < -0.4 is 5.32 Å². The molecule has 0 spiro atoms. The Morgan fingerprint density at radius 1 is 1.26 bits per heavy atom. The lowest BCUT2D eigenvalue weighted by Gasteiger charge is -2.17. The fourth-order valence-corrected chi connectivity index (χ4v) is 5.45. The predicted molar refractivity (Wildman–Crippen MR) is 122 cm³/mol. The standard InChI is InChI=1S/C20H28N6O3S2/c1-5-25(6-2)31(28,29)15-13-17(24(3)14-15)20(27)21-16(10-12-30-4)19-23-22-18-9-7-8-11-26(18)19/h7-9,11,13-14,16H,5-6,10,12H2,1-4H3,(H,21,27). The summed E-state index contributed by atoms with van der Waals surface area (Å²) in [4.78, 5) is 13.2. The normalized spacial score (nSPS) is 13.1. The summed E-state index contributed by atoms with van der Waals surface area (Å²) in [5, 5.41) is 11.5. The minimum Gasteiger partial charge on any atom is -0.345 e. The summed E-state index contributed by atoms with van der Waals surface area (Å²) < 4.78 is 30.4. The number of amides is 1. The maximum atomic E-state index is 13.1. The lowest BCUT2D eigenvalue weighted by molar-refractivity contribution is 0.0925. The molecule has 1 atom stereocenters. The zero-order valence-corrected chi connectivity index (χ0v) is 19.8. The van der Waals surface area contributed by atoms with E-state index >= 15 is 0 Å². The number of carbonyl (C=O) groups excluding carboxylic acids is 1. The smallest absolute Gasteiger partial charge is 0.268 e. The number of thioether (sulfide) groups is 1. The zero-order chi connectivity index (χ0) is 22.6. The van der Waals surface area contributed by atoms with Crippen molar-refractivity contribution in [2.75, 3.05) is 25.1 Å². The van der Waals surface area contributed by atoms with E-state index in [4.69, 9.17) is 0 Å². The minimum absolute atomic E-state index is 0.109. The summed E-state index contributed by atoms with van der Waals surface area (Å²) >= 11 is 1.68. The SMILES string of the molecule is CCN(CC)S(=O)(=O)c1cc(C(=O)NC(CCSC)c2nnc3ccccn23)n(C)c1. The predicted octanol–water partition coefficient (Wildman–Crippen LogP) is 2.32. The van der Waals surface area contributed by atoms with Gasteiger partial charge in [0, 0.05) is 32.5 Å². The molecule has 1 N–H and O–H groups in total. The molecule has 0 saturated heterocycles. The van der Waals surface area contributed by atoms with E-state index in [9.17, 15) is 13.2 Å². The lowest BCUT2D eigenvalue weighted by Crippen LogP contribution is -2.31. The highest BCUT2D eigenvalue weighted by Crippen LogP contribution is 2.21. The molecular weight excluding hydrogens is 436 g/mol. The fourth-order valence-electron chi connectivity index (χ4n) is 3.44. The first kappa shape index (κ1) is 23.3. The van der Waals surface area contributed by atoms with E-state index in [0.29, 0.717) is 31.0 Å². The van der Waals surface area contributed by atoms with Crippen LogP contribution in [0, 0.1) is 0 Å². The molecule has 0 aliphatic carbocycles. The molecule has 3 aromatic heterocycles. The first-order chi connectivity index (χ1) is 14.8. The summed E-state index contributed by atoms with van der Waals surface area (Å²) in [6.07, 6.45) is 6.01. The van der Waals surface area contributed by atoms with Crippen molar-refractivity contribution in [3.05, 3.63) is 48.2 Å². The van der Waals surface area contributed by atoms with E-state index < -0.39 is 10.0 Å². The van der Waals surface area contributed by atoms with Gasteiger partial charge in [0.15, 0.2) is 11.5 Å². The Balaban J connectivity index is 1.90. The number of aromatic nitrogens is 4. The zero-order valence-electron chi connectivity index (χ0n) is 18.1. The molecule has 9 nitrogen and oxygen atoms in total. The Morgan fingerprint density at radius 2 is 2.00 bits per heavy atom. The average Bonchev–Trinajstić information content (AvgIpc) is 3.36. The highest BCUT2D eigenvalue weighted by Gasteiger charge is 2.27. The number of pyridine rings is 1. The van der Waals surface area contributed by atoms with Crippen LogP contribution in [-0.4, -0.2) is 62.9 Å². The Labute approximate surface area is 186 Å². The number of nitrogens with zero attached hydrogens (tertiary/aromatic N) is 5. The number of hydrogen-bond donors (Lipinski definition) is 1. The Kier molecular flexibility index (Phi) is 7.39. The molecule has 1 amide bonds. The van der Waals surface area contributed by atoms with E-state index in [2.05, 4.69) is 15.5 Å². The quantitative estimate of drug-likeness (QED) is 0.494. The number of carbonyl (C=O) groups is 1. The molecule has 11 heteroatoms. The van der Waals surface area contributed by atoms with Gasteiger partial charge in [0.25, 0.3) is 5.91 Å². The maximum Gasteiger partial charge on any atom is 0.268 e. The van der Waals surface area contributed by atoms with Crippen LogP contribution in [-0.2, 0) is 17.1 Å². The van der Waals surface area contributed by atoms with Crippen LogP contribution in [0.15, 0.2) is 41.6 Å². The molecule has 3 aromatic rings. The molecule has 0 fully saturated rings. The van der Waals surface area contributed by atoms with Crippen LogP contribution in [0.4, 0.5) is 0 Å². The molecule has 0 saturated carbocycles. The van der Waals surface area contributed by atoms with Crippen LogP contribution in [0.25, 0.3) is 5.65 Å². The van der Waals surface area contributed by atoms with Gasteiger partial charge in [-0.3, -0.25) is 9.20 Å². The molecule has 3 heterocycles. The first-order valence-electron chi connectivity index (χ1n) is 10.1. The first-order valence-corrected chi connectivity index (χ1v) is 12.9. The molecule has 0 aliphatic rings. The van der Waals surface area contributed by atoms with Crippen molar-refractivity contribution >= 4 is 33.3 Å². The van der Waals surface area contributed by atoms with Gasteiger partial charge in [-0.1, -0.05) is 19.9 Å². The lowest BCUT2D eigenvalue weighted by atomic mass is 10.2. The van der Waals surface area contributed by atoms with Crippen molar-refractivity contribution in [2.24, 2.45) is 7.05 Å². The second-order valence-corrected chi connectivity index (χ2v) is 9.98.